The molecule has 2 atom stereocenters. The molecule has 5 rings (SSSR count). The number of para-hydroxylation sites is 1. The van der Waals surface area contributed by atoms with Gasteiger partial charge in [0.15, 0.2) is 11.5 Å². The first-order valence-electron chi connectivity index (χ1n) is 10.1. The number of amides is 1. The van der Waals surface area contributed by atoms with Crippen LogP contribution in [0.4, 0.5) is 0 Å². The topological polar surface area (TPSA) is 58.4 Å². The molecule has 26 heavy (non-hydrogen) atoms. The Kier molecular flexibility index (Phi) is 4.98. The number of benzene rings is 1. The molecule has 3 aliphatic rings. The van der Waals surface area contributed by atoms with E-state index in [2.05, 4.69) is 24.1 Å². The average Bonchev–Trinajstić information content (AvgIpc) is 3.11. The summed E-state index contributed by atoms with van der Waals surface area (Å²) in [6, 6.07) is 5.93. The van der Waals surface area contributed by atoms with Crippen LogP contribution in [0.15, 0.2) is 22.6 Å². The highest BCUT2D eigenvalue weighted by molar-refractivity contribution is 6.04. The second kappa shape index (κ2) is 7.39. The number of piperidine rings is 3. The van der Waals surface area contributed by atoms with Crippen molar-refractivity contribution in [2.45, 2.75) is 57.9 Å². The van der Waals surface area contributed by atoms with Crippen LogP contribution < -0.4 is 5.32 Å². The van der Waals surface area contributed by atoms with Gasteiger partial charge in [0.2, 0.25) is 0 Å². The van der Waals surface area contributed by atoms with E-state index in [0.717, 1.165) is 37.3 Å². The maximum atomic E-state index is 13.0. The lowest BCUT2D eigenvalue weighted by atomic mass is 9.84. The minimum atomic E-state index is -0.0160. The predicted molar refractivity (Wildman–Crippen MR) is 102 cm³/mol. The van der Waals surface area contributed by atoms with Gasteiger partial charge in [-0.3, -0.25) is 4.79 Å². The molecule has 5 nitrogen and oxygen atoms in total. The number of hydrogen-bond acceptors (Lipinski definition) is 4. The zero-order chi connectivity index (χ0) is 18.1. The summed E-state index contributed by atoms with van der Waals surface area (Å²) in [6.07, 6.45) is 5.55. The molecule has 1 aromatic heterocycles. The number of nitrogens with one attached hydrogen (secondary N) is 1. The molecule has 4 heterocycles. The lowest BCUT2D eigenvalue weighted by Crippen LogP contribution is -2.57. The molecule has 1 N–H and O–H groups in total. The van der Waals surface area contributed by atoms with Crippen molar-refractivity contribution in [2.75, 3.05) is 19.6 Å². The van der Waals surface area contributed by atoms with Crippen molar-refractivity contribution in [2.24, 2.45) is 5.92 Å². The fourth-order valence-electron chi connectivity index (χ4n) is 4.55. The standard InChI is InChI=1S/C21H29N3O2/c1-3-6-14(4-2)21-23-19-16(7-5-8-18(19)26-21)20(25)22-17-13-24-11-9-15(17)10-12-24/h5,7-8,14-15,17H,3-4,6,9-13H2,1-2H3,(H,22,25). The lowest BCUT2D eigenvalue weighted by Gasteiger charge is -2.44. The maximum Gasteiger partial charge on any atom is 0.253 e. The van der Waals surface area contributed by atoms with Gasteiger partial charge < -0.3 is 14.6 Å². The van der Waals surface area contributed by atoms with Crippen LogP contribution in [0.5, 0.6) is 0 Å². The third-order valence-corrected chi connectivity index (χ3v) is 6.13. The zero-order valence-electron chi connectivity index (χ0n) is 15.8. The van der Waals surface area contributed by atoms with Crippen molar-refractivity contribution >= 4 is 17.0 Å². The van der Waals surface area contributed by atoms with Crippen LogP contribution in [-0.2, 0) is 0 Å². The molecule has 2 unspecified atom stereocenters. The van der Waals surface area contributed by atoms with Gasteiger partial charge in [0.1, 0.15) is 5.52 Å². The van der Waals surface area contributed by atoms with Crippen molar-refractivity contribution < 1.29 is 9.21 Å². The van der Waals surface area contributed by atoms with E-state index in [1.807, 2.05) is 18.2 Å². The number of carbonyl (C=O) groups is 1. The minimum Gasteiger partial charge on any atom is -0.440 e. The fraction of sp³-hybridized carbons (Fsp3) is 0.619. The molecule has 140 valence electrons. The van der Waals surface area contributed by atoms with Gasteiger partial charge in [-0.1, -0.05) is 26.3 Å². The molecule has 3 fully saturated rings. The largest absolute Gasteiger partial charge is 0.440 e. The minimum absolute atomic E-state index is 0.0160. The van der Waals surface area contributed by atoms with Crippen LogP contribution in [-0.4, -0.2) is 41.5 Å². The summed E-state index contributed by atoms with van der Waals surface area (Å²) in [4.78, 5) is 20.1. The smallest absolute Gasteiger partial charge is 0.253 e. The van der Waals surface area contributed by atoms with Gasteiger partial charge in [-0.05, 0) is 56.8 Å². The molecule has 0 aliphatic carbocycles. The first kappa shape index (κ1) is 17.5. The quantitative estimate of drug-likeness (QED) is 0.852. The monoisotopic (exact) mass is 355 g/mol. The van der Waals surface area contributed by atoms with Gasteiger partial charge in [0.25, 0.3) is 5.91 Å². The third kappa shape index (κ3) is 3.25. The van der Waals surface area contributed by atoms with E-state index >= 15 is 0 Å². The number of rotatable bonds is 6. The molecule has 5 heteroatoms. The molecular weight excluding hydrogens is 326 g/mol. The lowest BCUT2D eigenvalue weighted by molar-refractivity contribution is 0.0621. The van der Waals surface area contributed by atoms with Crippen LogP contribution >= 0.6 is 0 Å². The maximum absolute atomic E-state index is 13.0. The highest BCUT2D eigenvalue weighted by Crippen LogP contribution is 2.30. The summed E-state index contributed by atoms with van der Waals surface area (Å²) < 4.78 is 6.00. The summed E-state index contributed by atoms with van der Waals surface area (Å²) in [5.74, 6) is 1.69. The number of nitrogens with zero attached hydrogens (tertiary/aromatic N) is 2. The van der Waals surface area contributed by atoms with Crippen LogP contribution in [0.1, 0.15) is 68.1 Å². The summed E-state index contributed by atoms with van der Waals surface area (Å²) in [5.41, 5.74) is 2.06. The molecule has 1 aromatic carbocycles. The second-order valence-corrected chi connectivity index (χ2v) is 7.82. The predicted octanol–water partition coefficient (Wildman–Crippen LogP) is 3.95. The Morgan fingerprint density at radius 1 is 1.35 bits per heavy atom. The molecule has 0 radical (unpaired) electrons. The van der Waals surface area contributed by atoms with Crippen LogP contribution in [0.2, 0.25) is 0 Å². The van der Waals surface area contributed by atoms with Gasteiger partial charge in [-0.15, -0.1) is 0 Å². The van der Waals surface area contributed by atoms with E-state index in [-0.39, 0.29) is 11.9 Å². The normalized spacial score (nSPS) is 26.2. The highest BCUT2D eigenvalue weighted by Gasteiger charge is 2.35. The van der Waals surface area contributed by atoms with E-state index in [1.54, 1.807) is 0 Å². The Hall–Kier alpha value is -1.88. The average molecular weight is 355 g/mol. The van der Waals surface area contributed by atoms with Crippen molar-refractivity contribution in [3.63, 3.8) is 0 Å². The van der Waals surface area contributed by atoms with Gasteiger partial charge in [-0.25, -0.2) is 4.98 Å². The van der Waals surface area contributed by atoms with Crippen molar-refractivity contribution in [1.29, 1.82) is 0 Å². The zero-order valence-corrected chi connectivity index (χ0v) is 15.8. The molecule has 0 spiro atoms. The number of aromatic nitrogens is 1. The van der Waals surface area contributed by atoms with E-state index < -0.39 is 0 Å². The summed E-state index contributed by atoms with van der Waals surface area (Å²) >= 11 is 0. The van der Waals surface area contributed by atoms with Gasteiger partial charge >= 0.3 is 0 Å². The van der Waals surface area contributed by atoms with Gasteiger partial charge in [-0.2, -0.15) is 0 Å². The Balaban J connectivity index is 1.57. The van der Waals surface area contributed by atoms with Crippen molar-refractivity contribution in [3.05, 3.63) is 29.7 Å². The van der Waals surface area contributed by atoms with Crippen LogP contribution in [0.3, 0.4) is 0 Å². The third-order valence-electron chi connectivity index (χ3n) is 6.13. The first-order chi connectivity index (χ1) is 12.7. The Morgan fingerprint density at radius 3 is 2.81 bits per heavy atom. The molecule has 0 saturated carbocycles. The summed E-state index contributed by atoms with van der Waals surface area (Å²) in [7, 11) is 0. The van der Waals surface area contributed by atoms with E-state index in [9.17, 15) is 4.79 Å². The second-order valence-electron chi connectivity index (χ2n) is 7.82. The Bertz CT molecular complexity index is 777. The van der Waals surface area contributed by atoms with Gasteiger partial charge in [0, 0.05) is 18.5 Å². The highest BCUT2D eigenvalue weighted by atomic mass is 16.3. The number of fused-ring (bicyclic) bond motifs is 4. The number of oxazole rings is 1. The number of carbonyl (C=O) groups excluding carboxylic acids is 1. The molecule has 3 saturated heterocycles. The fourth-order valence-corrected chi connectivity index (χ4v) is 4.55. The van der Waals surface area contributed by atoms with E-state index in [1.165, 1.54) is 25.9 Å². The van der Waals surface area contributed by atoms with Crippen molar-refractivity contribution in [1.82, 2.24) is 15.2 Å². The van der Waals surface area contributed by atoms with E-state index in [0.29, 0.717) is 22.9 Å². The first-order valence-corrected chi connectivity index (χ1v) is 10.1. The SMILES string of the molecule is CCCC(CC)c1nc2c(C(=O)NC3CN4CCC3CC4)cccc2o1. The Labute approximate surface area is 155 Å². The molecule has 3 aliphatic heterocycles. The van der Waals surface area contributed by atoms with E-state index in [4.69, 9.17) is 9.40 Å². The molecule has 2 bridgehead atoms. The van der Waals surface area contributed by atoms with Crippen LogP contribution in [0.25, 0.3) is 11.1 Å². The molecule has 1 amide bonds. The van der Waals surface area contributed by atoms with Gasteiger partial charge in [0.05, 0.1) is 5.56 Å². The summed E-state index contributed by atoms with van der Waals surface area (Å²) in [5, 5.41) is 3.27. The Morgan fingerprint density at radius 2 is 2.15 bits per heavy atom. The number of hydrogen-bond donors (Lipinski definition) is 1. The molecule has 2 aromatic rings. The van der Waals surface area contributed by atoms with Crippen LogP contribution in [0, 0.1) is 5.92 Å². The van der Waals surface area contributed by atoms with Crippen molar-refractivity contribution in [3.8, 4) is 0 Å². The summed E-state index contributed by atoms with van der Waals surface area (Å²) in [6.45, 7) is 7.67. The molecular formula is C21H29N3O2.